The van der Waals surface area contributed by atoms with Gasteiger partial charge in [0.15, 0.2) is 5.58 Å². The molecule has 22 heavy (non-hydrogen) atoms. The highest BCUT2D eigenvalue weighted by molar-refractivity contribution is 5.89. The van der Waals surface area contributed by atoms with Crippen molar-refractivity contribution < 1.29 is 9.21 Å². The summed E-state index contributed by atoms with van der Waals surface area (Å²) in [7, 11) is 0. The quantitative estimate of drug-likeness (QED) is 0.769. The Morgan fingerprint density at radius 3 is 2.50 bits per heavy atom. The highest BCUT2D eigenvalue weighted by atomic mass is 16.3. The number of rotatable bonds is 3. The SMILES string of the molecule is CC(=O)Nc1ccc(-c2nc3cc(C(C)C)ccc3o2)cc1. The Morgan fingerprint density at radius 2 is 1.86 bits per heavy atom. The third-order valence-electron chi connectivity index (χ3n) is 3.53. The molecule has 3 aromatic rings. The van der Waals surface area contributed by atoms with Crippen LogP contribution in [-0.4, -0.2) is 10.9 Å². The first-order valence-corrected chi connectivity index (χ1v) is 7.31. The maximum atomic E-state index is 11.0. The number of nitrogens with zero attached hydrogens (tertiary/aromatic N) is 1. The fourth-order valence-electron chi connectivity index (χ4n) is 2.33. The van der Waals surface area contributed by atoms with Crippen LogP contribution in [0.5, 0.6) is 0 Å². The van der Waals surface area contributed by atoms with E-state index < -0.39 is 0 Å². The van der Waals surface area contributed by atoms with Gasteiger partial charge in [0.2, 0.25) is 11.8 Å². The van der Waals surface area contributed by atoms with Crippen LogP contribution in [0, 0.1) is 0 Å². The average Bonchev–Trinajstić information content (AvgIpc) is 2.90. The van der Waals surface area contributed by atoms with Crippen molar-refractivity contribution in [3.8, 4) is 11.5 Å². The van der Waals surface area contributed by atoms with Crippen LogP contribution in [0.2, 0.25) is 0 Å². The van der Waals surface area contributed by atoms with Crippen LogP contribution in [0.1, 0.15) is 32.3 Å². The first-order valence-electron chi connectivity index (χ1n) is 7.31. The maximum absolute atomic E-state index is 11.0. The number of anilines is 1. The molecule has 0 radical (unpaired) electrons. The predicted octanol–water partition coefficient (Wildman–Crippen LogP) is 4.58. The van der Waals surface area contributed by atoms with E-state index in [2.05, 4.69) is 36.3 Å². The first-order chi connectivity index (χ1) is 10.5. The van der Waals surface area contributed by atoms with E-state index in [-0.39, 0.29) is 5.91 Å². The number of carbonyl (C=O) groups is 1. The molecule has 3 rings (SSSR count). The Morgan fingerprint density at radius 1 is 1.14 bits per heavy atom. The molecule has 1 aromatic heterocycles. The molecule has 0 spiro atoms. The zero-order valence-electron chi connectivity index (χ0n) is 12.9. The molecule has 1 amide bonds. The van der Waals surface area contributed by atoms with Crippen LogP contribution in [0.4, 0.5) is 5.69 Å². The third kappa shape index (κ3) is 2.86. The van der Waals surface area contributed by atoms with E-state index in [1.807, 2.05) is 30.3 Å². The van der Waals surface area contributed by atoms with Crippen molar-refractivity contribution in [3.05, 3.63) is 48.0 Å². The van der Waals surface area contributed by atoms with Crippen LogP contribution in [0.15, 0.2) is 46.9 Å². The summed E-state index contributed by atoms with van der Waals surface area (Å²) in [6.45, 7) is 5.80. The molecule has 112 valence electrons. The van der Waals surface area contributed by atoms with E-state index in [0.29, 0.717) is 11.8 Å². The second-order valence-electron chi connectivity index (χ2n) is 5.66. The fraction of sp³-hybridized carbons (Fsp3) is 0.222. The van der Waals surface area contributed by atoms with Crippen LogP contribution in [-0.2, 0) is 4.79 Å². The van der Waals surface area contributed by atoms with Gasteiger partial charge in [-0.1, -0.05) is 19.9 Å². The highest BCUT2D eigenvalue weighted by Crippen LogP contribution is 2.27. The number of benzene rings is 2. The Hall–Kier alpha value is -2.62. The van der Waals surface area contributed by atoms with Crippen LogP contribution in [0.25, 0.3) is 22.6 Å². The maximum Gasteiger partial charge on any atom is 0.227 e. The number of aromatic nitrogens is 1. The second kappa shape index (κ2) is 5.64. The van der Waals surface area contributed by atoms with E-state index >= 15 is 0 Å². The van der Waals surface area contributed by atoms with Gasteiger partial charge in [0, 0.05) is 18.2 Å². The van der Waals surface area contributed by atoms with Gasteiger partial charge in [-0.25, -0.2) is 4.98 Å². The molecule has 0 aliphatic heterocycles. The summed E-state index contributed by atoms with van der Waals surface area (Å²) in [5.74, 6) is 0.961. The Labute approximate surface area is 129 Å². The number of hydrogen-bond donors (Lipinski definition) is 1. The lowest BCUT2D eigenvalue weighted by Crippen LogP contribution is -2.05. The minimum absolute atomic E-state index is 0.0872. The Bertz CT molecular complexity index is 817. The normalized spacial score (nSPS) is 11.1. The molecule has 0 saturated carbocycles. The molecule has 0 saturated heterocycles. The second-order valence-corrected chi connectivity index (χ2v) is 5.66. The monoisotopic (exact) mass is 294 g/mol. The minimum atomic E-state index is -0.0872. The Balaban J connectivity index is 1.94. The number of oxazole rings is 1. The van der Waals surface area contributed by atoms with Crippen molar-refractivity contribution in [1.82, 2.24) is 4.98 Å². The van der Waals surface area contributed by atoms with Gasteiger partial charge in [-0.3, -0.25) is 4.79 Å². The summed E-state index contributed by atoms with van der Waals surface area (Å²) in [4.78, 5) is 15.6. The average molecular weight is 294 g/mol. The number of fused-ring (bicyclic) bond motifs is 1. The molecule has 0 aliphatic carbocycles. The van der Waals surface area contributed by atoms with Gasteiger partial charge in [-0.05, 0) is 47.9 Å². The molecule has 0 unspecified atom stereocenters. The molecule has 2 aromatic carbocycles. The summed E-state index contributed by atoms with van der Waals surface area (Å²) in [6.07, 6.45) is 0. The third-order valence-corrected chi connectivity index (χ3v) is 3.53. The van der Waals surface area contributed by atoms with Gasteiger partial charge in [0.05, 0.1) is 0 Å². The van der Waals surface area contributed by atoms with E-state index in [9.17, 15) is 4.79 Å². The molecule has 1 N–H and O–H groups in total. The molecule has 1 heterocycles. The fourth-order valence-corrected chi connectivity index (χ4v) is 2.33. The lowest BCUT2D eigenvalue weighted by molar-refractivity contribution is -0.114. The van der Waals surface area contributed by atoms with Crippen molar-refractivity contribution in [3.63, 3.8) is 0 Å². The van der Waals surface area contributed by atoms with Crippen LogP contribution >= 0.6 is 0 Å². The molecule has 0 fully saturated rings. The van der Waals surface area contributed by atoms with Crippen molar-refractivity contribution in [1.29, 1.82) is 0 Å². The van der Waals surface area contributed by atoms with Crippen LogP contribution in [0.3, 0.4) is 0 Å². The Kier molecular flexibility index (Phi) is 3.67. The number of amides is 1. The predicted molar refractivity (Wildman–Crippen MR) is 87.8 cm³/mol. The van der Waals surface area contributed by atoms with E-state index in [0.717, 1.165) is 22.4 Å². The van der Waals surface area contributed by atoms with Crippen LogP contribution < -0.4 is 5.32 Å². The van der Waals surface area contributed by atoms with Gasteiger partial charge in [-0.2, -0.15) is 0 Å². The van der Waals surface area contributed by atoms with Crippen molar-refractivity contribution in [2.45, 2.75) is 26.7 Å². The van der Waals surface area contributed by atoms with Crippen molar-refractivity contribution >= 4 is 22.7 Å². The molecule has 0 aliphatic rings. The molecular formula is C18H18N2O2. The molecular weight excluding hydrogens is 276 g/mol. The smallest absolute Gasteiger partial charge is 0.227 e. The molecule has 0 bridgehead atoms. The zero-order valence-corrected chi connectivity index (χ0v) is 12.9. The minimum Gasteiger partial charge on any atom is -0.436 e. The van der Waals surface area contributed by atoms with Crippen molar-refractivity contribution in [2.24, 2.45) is 0 Å². The summed E-state index contributed by atoms with van der Waals surface area (Å²) in [6, 6.07) is 13.6. The first kappa shape index (κ1) is 14.3. The highest BCUT2D eigenvalue weighted by Gasteiger charge is 2.10. The zero-order chi connectivity index (χ0) is 15.7. The molecule has 4 nitrogen and oxygen atoms in total. The lowest BCUT2D eigenvalue weighted by atomic mass is 10.0. The summed E-state index contributed by atoms with van der Waals surface area (Å²) < 4.78 is 5.81. The molecule has 0 atom stereocenters. The van der Waals surface area contributed by atoms with Gasteiger partial charge < -0.3 is 9.73 Å². The number of hydrogen-bond acceptors (Lipinski definition) is 3. The van der Waals surface area contributed by atoms with Gasteiger partial charge in [-0.15, -0.1) is 0 Å². The summed E-state index contributed by atoms with van der Waals surface area (Å²) in [5.41, 5.74) is 4.54. The van der Waals surface area contributed by atoms with Crippen molar-refractivity contribution in [2.75, 3.05) is 5.32 Å². The standard InChI is InChI=1S/C18H18N2O2/c1-11(2)14-6-9-17-16(10-14)20-18(22-17)13-4-7-15(8-5-13)19-12(3)21/h4-11H,1-3H3,(H,19,21). The summed E-state index contributed by atoms with van der Waals surface area (Å²) in [5, 5.41) is 2.74. The van der Waals surface area contributed by atoms with E-state index in [4.69, 9.17) is 4.42 Å². The summed E-state index contributed by atoms with van der Waals surface area (Å²) >= 11 is 0. The topological polar surface area (TPSA) is 55.1 Å². The number of carbonyl (C=O) groups excluding carboxylic acids is 1. The lowest BCUT2D eigenvalue weighted by Gasteiger charge is -2.02. The number of nitrogens with one attached hydrogen (secondary N) is 1. The van der Waals surface area contributed by atoms with E-state index in [1.165, 1.54) is 12.5 Å². The van der Waals surface area contributed by atoms with Gasteiger partial charge in [0.1, 0.15) is 5.52 Å². The molecule has 4 heteroatoms. The van der Waals surface area contributed by atoms with Gasteiger partial charge in [0.25, 0.3) is 0 Å². The largest absolute Gasteiger partial charge is 0.436 e. The van der Waals surface area contributed by atoms with Gasteiger partial charge >= 0.3 is 0 Å². The van der Waals surface area contributed by atoms with E-state index in [1.54, 1.807) is 0 Å².